The second-order valence-corrected chi connectivity index (χ2v) is 6.23. The lowest BCUT2D eigenvalue weighted by Gasteiger charge is -2.28. The molecule has 0 bridgehead atoms. The summed E-state index contributed by atoms with van der Waals surface area (Å²) in [7, 11) is 1.71. The number of halogens is 1. The molecule has 0 aliphatic rings. The Hall–Kier alpha value is -0.540. The minimum atomic E-state index is 0.547. The molecule has 0 saturated carbocycles. The zero-order valence-corrected chi connectivity index (χ0v) is 13.6. The van der Waals surface area contributed by atoms with Crippen LogP contribution in [0.15, 0.2) is 22.7 Å². The van der Waals surface area contributed by atoms with Crippen molar-refractivity contribution in [3.05, 3.63) is 28.2 Å². The smallest absolute Gasteiger partial charge is 0.119 e. The number of ether oxygens (including phenoxy) is 1. The molecule has 0 aliphatic carbocycles. The molecule has 0 aliphatic heterocycles. The van der Waals surface area contributed by atoms with E-state index in [-0.39, 0.29) is 0 Å². The van der Waals surface area contributed by atoms with E-state index in [0.717, 1.165) is 23.3 Å². The van der Waals surface area contributed by atoms with Crippen LogP contribution in [0.2, 0.25) is 0 Å². The maximum Gasteiger partial charge on any atom is 0.119 e. The van der Waals surface area contributed by atoms with Crippen LogP contribution in [0, 0.1) is 5.92 Å². The Morgan fingerprint density at radius 1 is 1.22 bits per heavy atom. The van der Waals surface area contributed by atoms with Gasteiger partial charge in [-0.3, -0.25) is 4.90 Å². The molecule has 0 amide bonds. The molecule has 0 heterocycles. The Bertz CT molecular complexity index is 377. The van der Waals surface area contributed by atoms with E-state index in [1.165, 1.54) is 5.56 Å². The van der Waals surface area contributed by atoms with Gasteiger partial charge in [-0.1, -0.05) is 29.8 Å². The van der Waals surface area contributed by atoms with E-state index in [4.69, 9.17) is 4.74 Å². The van der Waals surface area contributed by atoms with Crippen molar-refractivity contribution in [2.24, 2.45) is 5.92 Å². The van der Waals surface area contributed by atoms with Gasteiger partial charge >= 0.3 is 0 Å². The Morgan fingerprint density at radius 2 is 1.89 bits per heavy atom. The van der Waals surface area contributed by atoms with Crippen LogP contribution in [0.4, 0.5) is 0 Å². The Kier molecular flexibility index (Phi) is 6.16. The number of methoxy groups -OCH3 is 1. The first-order valence-electron chi connectivity index (χ1n) is 6.50. The van der Waals surface area contributed by atoms with Crippen molar-refractivity contribution in [1.82, 2.24) is 4.90 Å². The van der Waals surface area contributed by atoms with Crippen LogP contribution in [0.3, 0.4) is 0 Å². The number of rotatable bonds is 6. The fourth-order valence-electron chi connectivity index (χ4n) is 1.95. The number of hydrogen-bond donors (Lipinski definition) is 0. The molecule has 2 nitrogen and oxygen atoms in total. The minimum absolute atomic E-state index is 0.547. The van der Waals surface area contributed by atoms with Crippen molar-refractivity contribution in [3.63, 3.8) is 0 Å². The summed E-state index contributed by atoms with van der Waals surface area (Å²) >= 11 is 3.62. The molecule has 0 unspecified atom stereocenters. The lowest BCUT2D eigenvalue weighted by atomic mass is 10.1. The van der Waals surface area contributed by atoms with Crippen molar-refractivity contribution in [1.29, 1.82) is 0 Å². The molecule has 0 fully saturated rings. The van der Waals surface area contributed by atoms with E-state index in [1.807, 2.05) is 6.07 Å². The Labute approximate surface area is 119 Å². The van der Waals surface area contributed by atoms with Crippen LogP contribution in [0.5, 0.6) is 5.75 Å². The molecule has 0 radical (unpaired) electrons. The highest BCUT2D eigenvalue weighted by Crippen LogP contribution is 2.24. The normalized spacial score (nSPS) is 11.6. The van der Waals surface area contributed by atoms with Gasteiger partial charge in [0.1, 0.15) is 5.75 Å². The molecule has 0 N–H and O–H groups in total. The van der Waals surface area contributed by atoms with Crippen LogP contribution < -0.4 is 4.74 Å². The van der Waals surface area contributed by atoms with E-state index >= 15 is 0 Å². The van der Waals surface area contributed by atoms with E-state index in [9.17, 15) is 0 Å². The second kappa shape index (κ2) is 7.15. The summed E-state index contributed by atoms with van der Waals surface area (Å²) in [5.74, 6) is 1.60. The van der Waals surface area contributed by atoms with Gasteiger partial charge in [-0.05, 0) is 43.5 Å². The molecule has 1 rings (SSSR count). The largest absolute Gasteiger partial charge is 0.497 e. The summed E-state index contributed by atoms with van der Waals surface area (Å²) < 4.78 is 6.44. The molecule has 0 atom stereocenters. The standard InChI is InChI=1S/C15H24BrNO/c1-11(2)9-17(12(3)4)10-13-8-14(18-5)6-7-15(13)16/h6-8,11-12H,9-10H2,1-5H3. The lowest BCUT2D eigenvalue weighted by Crippen LogP contribution is -2.33. The van der Waals surface area contributed by atoms with Gasteiger partial charge in [0, 0.05) is 23.6 Å². The highest BCUT2D eigenvalue weighted by atomic mass is 79.9. The van der Waals surface area contributed by atoms with Gasteiger partial charge in [-0.2, -0.15) is 0 Å². The molecule has 0 saturated heterocycles. The summed E-state index contributed by atoms with van der Waals surface area (Å²) in [6.45, 7) is 11.1. The number of hydrogen-bond acceptors (Lipinski definition) is 2. The highest BCUT2D eigenvalue weighted by Gasteiger charge is 2.13. The average molecular weight is 314 g/mol. The van der Waals surface area contributed by atoms with Gasteiger partial charge in [0.25, 0.3) is 0 Å². The predicted octanol–water partition coefficient (Wildman–Crippen LogP) is 4.32. The number of benzene rings is 1. The molecular weight excluding hydrogens is 290 g/mol. The van der Waals surface area contributed by atoms with Gasteiger partial charge in [-0.25, -0.2) is 0 Å². The third-order valence-corrected chi connectivity index (χ3v) is 3.73. The quantitative estimate of drug-likeness (QED) is 0.775. The summed E-state index contributed by atoms with van der Waals surface area (Å²) in [4.78, 5) is 2.49. The van der Waals surface area contributed by atoms with Crippen molar-refractivity contribution in [2.75, 3.05) is 13.7 Å². The molecule has 102 valence electrons. The third kappa shape index (κ3) is 4.62. The summed E-state index contributed by atoms with van der Waals surface area (Å²) in [5, 5.41) is 0. The predicted molar refractivity (Wildman–Crippen MR) is 81.1 cm³/mol. The molecule has 1 aromatic carbocycles. The molecule has 0 aromatic heterocycles. The topological polar surface area (TPSA) is 12.5 Å². The van der Waals surface area contributed by atoms with Crippen LogP contribution in [0.25, 0.3) is 0 Å². The van der Waals surface area contributed by atoms with E-state index in [2.05, 4.69) is 60.7 Å². The first-order chi connectivity index (χ1) is 8.43. The highest BCUT2D eigenvalue weighted by molar-refractivity contribution is 9.10. The minimum Gasteiger partial charge on any atom is -0.497 e. The summed E-state index contributed by atoms with van der Waals surface area (Å²) in [5.41, 5.74) is 1.28. The third-order valence-electron chi connectivity index (χ3n) is 2.96. The van der Waals surface area contributed by atoms with Gasteiger partial charge in [0.15, 0.2) is 0 Å². The van der Waals surface area contributed by atoms with E-state index in [1.54, 1.807) is 7.11 Å². The summed E-state index contributed by atoms with van der Waals surface area (Å²) in [6.07, 6.45) is 0. The monoisotopic (exact) mass is 313 g/mol. The zero-order valence-electron chi connectivity index (χ0n) is 12.0. The van der Waals surface area contributed by atoms with Crippen molar-refractivity contribution < 1.29 is 4.74 Å². The zero-order chi connectivity index (χ0) is 13.7. The maximum absolute atomic E-state index is 5.29. The number of nitrogens with zero attached hydrogens (tertiary/aromatic N) is 1. The lowest BCUT2D eigenvalue weighted by molar-refractivity contribution is 0.188. The van der Waals surface area contributed by atoms with E-state index in [0.29, 0.717) is 12.0 Å². The fraction of sp³-hybridized carbons (Fsp3) is 0.600. The van der Waals surface area contributed by atoms with Crippen LogP contribution in [-0.4, -0.2) is 24.6 Å². The molecular formula is C15H24BrNO. The average Bonchev–Trinajstić information content (AvgIpc) is 2.30. The van der Waals surface area contributed by atoms with Crippen LogP contribution in [-0.2, 0) is 6.54 Å². The van der Waals surface area contributed by atoms with E-state index < -0.39 is 0 Å². The van der Waals surface area contributed by atoms with Gasteiger partial charge in [-0.15, -0.1) is 0 Å². The Morgan fingerprint density at radius 3 is 2.39 bits per heavy atom. The molecule has 3 heteroatoms. The van der Waals surface area contributed by atoms with Gasteiger partial charge in [0.2, 0.25) is 0 Å². The van der Waals surface area contributed by atoms with Crippen LogP contribution >= 0.6 is 15.9 Å². The maximum atomic E-state index is 5.29. The van der Waals surface area contributed by atoms with Gasteiger partial charge in [0.05, 0.1) is 7.11 Å². The van der Waals surface area contributed by atoms with Crippen molar-refractivity contribution in [2.45, 2.75) is 40.3 Å². The fourth-order valence-corrected chi connectivity index (χ4v) is 2.32. The first-order valence-corrected chi connectivity index (χ1v) is 7.29. The Balaban J connectivity index is 2.85. The summed E-state index contributed by atoms with van der Waals surface area (Å²) in [6, 6.07) is 6.70. The molecule has 18 heavy (non-hydrogen) atoms. The van der Waals surface area contributed by atoms with Crippen molar-refractivity contribution in [3.8, 4) is 5.75 Å². The SMILES string of the molecule is COc1ccc(Br)c(CN(CC(C)C)C(C)C)c1. The first kappa shape index (κ1) is 15.5. The van der Waals surface area contributed by atoms with Crippen LogP contribution in [0.1, 0.15) is 33.3 Å². The molecule has 1 aromatic rings. The molecule has 0 spiro atoms. The van der Waals surface area contributed by atoms with Gasteiger partial charge < -0.3 is 4.74 Å². The van der Waals surface area contributed by atoms with Crippen molar-refractivity contribution >= 4 is 15.9 Å². The second-order valence-electron chi connectivity index (χ2n) is 5.37.